The van der Waals surface area contributed by atoms with E-state index in [0.29, 0.717) is 5.69 Å². The first-order valence-electron chi connectivity index (χ1n) is 6.04. The number of nitrogens with two attached hydrogens (primary N) is 2. The molecule has 7 heteroatoms. The number of carbonyl (C=O) groups is 3. The van der Waals surface area contributed by atoms with Crippen LogP contribution in [0, 0.1) is 0 Å². The number of piperazine rings is 1. The summed E-state index contributed by atoms with van der Waals surface area (Å²) in [6.07, 6.45) is 0. The van der Waals surface area contributed by atoms with Crippen molar-refractivity contribution in [2.24, 2.45) is 5.73 Å². The zero-order valence-corrected chi connectivity index (χ0v) is 11.3. The number of nitrogen functional groups attached to an aromatic ring is 1. The number of rotatable bonds is 2. The van der Waals surface area contributed by atoms with Gasteiger partial charge < -0.3 is 16.4 Å². The second-order valence-electron chi connectivity index (χ2n) is 5.16. The average molecular weight is 276 g/mol. The molecule has 5 N–H and O–H groups in total. The van der Waals surface area contributed by atoms with Gasteiger partial charge in [0.05, 0.1) is 12.1 Å². The van der Waals surface area contributed by atoms with Crippen molar-refractivity contribution in [3.8, 4) is 0 Å². The zero-order chi connectivity index (χ0) is 15.1. The van der Waals surface area contributed by atoms with Crippen LogP contribution in [0.2, 0.25) is 0 Å². The van der Waals surface area contributed by atoms with Gasteiger partial charge in [0.15, 0.2) is 0 Å². The average Bonchev–Trinajstić information content (AvgIpc) is 2.34. The fraction of sp³-hybridized carbons (Fsp3) is 0.308. The van der Waals surface area contributed by atoms with Crippen LogP contribution in [0.1, 0.15) is 24.2 Å². The van der Waals surface area contributed by atoms with Crippen molar-refractivity contribution in [2.75, 3.05) is 17.2 Å². The zero-order valence-electron chi connectivity index (χ0n) is 11.3. The Morgan fingerprint density at radius 3 is 2.60 bits per heavy atom. The molecule has 0 spiro atoms. The summed E-state index contributed by atoms with van der Waals surface area (Å²) in [4.78, 5) is 36.4. The molecule has 7 nitrogen and oxygen atoms in total. The first-order chi connectivity index (χ1) is 9.23. The third kappa shape index (κ3) is 2.18. The van der Waals surface area contributed by atoms with E-state index in [1.807, 2.05) is 0 Å². The van der Waals surface area contributed by atoms with E-state index in [1.165, 1.54) is 12.1 Å². The Kier molecular flexibility index (Phi) is 3.13. The van der Waals surface area contributed by atoms with Gasteiger partial charge in [0.2, 0.25) is 5.91 Å². The van der Waals surface area contributed by atoms with Crippen molar-refractivity contribution in [3.63, 3.8) is 0 Å². The molecule has 1 heterocycles. The van der Waals surface area contributed by atoms with E-state index in [0.717, 1.165) is 0 Å². The van der Waals surface area contributed by atoms with E-state index in [2.05, 4.69) is 5.32 Å². The molecule has 106 valence electrons. The van der Waals surface area contributed by atoms with E-state index < -0.39 is 23.3 Å². The third-order valence-electron chi connectivity index (χ3n) is 3.40. The van der Waals surface area contributed by atoms with Gasteiger partial charge in [0, 0.05) is 11.4 Å². The largest absolute Gasteiger partial charge is 0.398 e. The number of nitrogens with zero attached hydrogens (tertiary/aromatic N) is 1. The summed E-state index contributed by atoms with van der Waals surface area (Å²) in [5, 5.41) is 2.28. The van der Waals surface area contributed by atoms with Gasteiger partial charge in [0.1, 0.15) is 5.54 Å². The molecule has 0 aromatic heterocycles. The summed E-state index contributed by atoms with van der Waals surface area (Å²) in [5.74, 6) is -1.45. The molecule has 1 aromatic rings. The predicted molar refractivity (Wildman–Crippen MR) is 73.9 cm³/mol. The van der Waals surface area contributed by atoms with Gasteiger partial charge >= 0.3 is 0 Å². The highest BCUT2D eigenvalue weighted by Gasteiger charge is 2.41. The van der Waals surface area contributed by atoms with Gasteiger partial charge in [-0.05, 0) is 32.0 Å². The number of anilines is 2. The highest BCUT2D eigenvalue weighted by molar-refractivity contribution is 6.07. The van der Waals surface area contributed by atoms with E-state index >= 15 is 0 Å². The van der Waals surface area contributed by atoms with E-state index in [1.54, 1.807) is 24.8 Å². The van der Waals surface area contributed by atoms with Gasteiger partial charge in [0.25, 0.3) is 11.8 Å². The molecular formula is C13H16N4O3. The molecule has 1 aliphatic heterocycles. The molecule has 0 unspecified atom stereocenters. The van der Waals surface area contributed by atoms with Crippen LogP contribution in [0.15, 0.2) is 18.2 Å². The maximum atomic E-state index is 11.9. The molecule has 3 amide bonds. The van der Waals surface area contributed by atoms with Crippen LogP contribution in [0.25, 0.3) is 0 Å². The number of amides is 3. The van der Waals surface area contributed by atoms with Gasteiger partial charge in [-0.2, -0.15) is 0 Å². The molecule has 1 saturated heterocycles. The molecule has 20 heavy (non-hydrogen) atoms. The van der Waals surface area contributed by atoms with Gasteiger partial charge in [-0.15, -0.1) is 0 Å². The lowest BCUT2D eigenvalue weighted by Gasteiger charge is -2.41. The van der Waals surface area contributed by atoms with Crippen LogP contribution >= 0.6 is 0 Å². The normalized spacial score (nSPS) is 17.8. The number of carbonyl (C=O) groups excluding carboxylic acids is 3. The smallest absolute Gasteiger partial charge is 0.251 e. The predicted octanol–water partition coefficient (Wildman–Crippen LogP) is -0.391. The lowest BCUT2D eigenvalue weighted by Crippen LogP contribution is -2.64. The Morgan fingerprint density at radius 1 is 1.35 bits per heavy atom. The van der Waals surface area contributed by atoms with Crippen LogP contribution < -0.4 is 21.7 Å². The van der Waals surface area contributed by atoms with E-state index in [9.17, 15) is 14.4 Å². The Balaban J connectivity index is 2.49. The van der Waals surface area contributed by atoms with Crippen molar-refractivity contribution in [1.29, 1.82) is 0 Å². The lowest BCUT2D eigenvalue weighted by molar-refractivity contribution is -0.135. The summed E-state index contributed by atoms with van der Waals surface area (Å²) in [7, 11) is 0. The summed E-state index contributed by atoms with van der Waals surface area (Å²) in [6.45, 7) is 3.39. The van der Waals surface area contributed by atoms with Crippen molar-refractivity contribution in [3.05, 3.63) is 23.8 Å². The Hall–Kier alpha value is -2.57. The molecule has 0 bridgehead atoms. The number of imide groups is 1. The number of primary amides is 1. The molecule has 1 aromatic carbocycles. The third-order valence-corrected chi connectivity index (χ3v) is 3.40. The summed E-state index contributed by atoms with van der Waals surface area (Å²) in [5.41, 5.74) is 11.0. The lowest BCUT2D eigenvalue weighted by atomic mass is 9.97. The summed E-state index contributed by atoms with van der Waals surface area (Å²) >= 11 is 0. The molecule has 0 atom stereocenters. The van der Waals surface area contributed by atoms with Crippen LogP contribution in [-0.4, -0.2) is 29.8 Å². The van der Waals surface area contributed by atoms with Crippen molar-refractivity contribution in [1.82, 2.24) is 5.32 Å². The number of hydrogen-bond donors (Lipinski definition) is 3. The molecule has 1 aliphatic rings. The topological polar surface area (TPSA) is 119 Å². The quantitative estimate of drug-likeness (QED) is 0.502. The number of nitrogens with one attached hydrogen (secondary N) is 1. The van der Waals surface area contributed by atoms with Crippen molar-refractivity contribution >= 4 is 29.1 Å². The molecule has 0 radical (unpaired) electrons. The fourth-order valence-corrected chi connectivity index (χ4v) is 2.12. The molecular weight excluding hydrogens is 260 g/mol. The SMILES string of the molecule is CC1(C)C(=O)NC(=O)CN1c1ccc(N)c(C(N)=O)c1. The van der Waals surface area contributed by atoms with E-state index in [-0.39, 0.29) is 17.8 Å². The standard InChI is InChI=1S/C13H16N4O3/c1-13(2)12(20)16-10(18)6-17(13)7-3-4-9(14)8(5-7)11(15)19/h3-5H,6,14H2,1-2H3,(H2,15,19)(H,16,18,20). The van der Waals surface area contributed by atoms with Crippen LogP contribution in [-0.2, 0) is 9.59 Å². The highest BCUT2D eigenvalue weighted by Crippen LogP contribution is 2.28. The number of benzene rings is 1. The second-order valence-corrected chi connectivity index (χ2v) is 5.16. The van der Waals surface area contributed by atoms with Crippen LogP contribution in [0.5, 0.6) is 0 Å². The first-order valence-corrected chi connectivity index (χ1v) is 6.04. The Morgan fingerprint density at radius 2 is 2.00 bits per heavy atom. The van der Waals surface area contributed by atoms with Gasteiger partial charge in [-0.3, -0.25) is 19.7 Å². The van der Waals surface area contributed by atoms with Gasteiger partial charge in [-0.1, -0.05) is 0 Å². The second kappa shape index (κ2) is 4.52. The minimum atomic E-state index is -0.918. The fourth-order valence-electron chi connectivity index (χ4n) is 2.12. The van der Waals surface area contributed by atoms with Crippen LogP contribution in [0.4, 0.5) is 11.4 Å². The molecule has 0 saturated carbocycles. The minimum Gasteiger partial charge on any atom is -0.398 e. The molecule has 1 fully saturated rings. The Bertz CT molecular complexity index is 610. The molecule has 0 aliphatic carbocycles. The van der Waals surface area contributed by atoms with Crippen LogP contribution in [0.3, 0.4) is 0 Å². The highest BCUT2D eigenvalue weighted by atomic mass is 16.2. The summed E-state index contributed by atoms with van der Waals surface area (Å²) in [6, 6.07) is 4.67. The van der Waals surface area contributed by atoms with E-state index in [4.69, 9.17) is 11.5 Å². The Labute approximate surface area is 115 Å². The van der Waals surface area contributed by atoms with Gasteiger partial charge in [-0.25, -0.2) is 0 Å². The van der Waals surface area contributed by atoms with Crippen molar-refractivity contribution in [2.45, 2.75) is 19.4 Å². The molecule has 2 rings (SSSR count). The summed E-state index contributed by atoms with van der Waals surface area (Å²) < 4.78 is 0. The van der Waals surface area contributed by atoms with Crippen molar-refractivity contribution < 1.29 is 14.4 Å². The maximum absolute atomic E-state index is 11.9. The monoisotopic (exact) mass is 276 g/mol. The minimum absolute atomic E-state index is 0.0147. The first kappa shape index (κ1) is 13.9. The maximum Gasteiger partial charge on any atom is 0.251 e. The number of hydrogen-bond acceptors (Lipinski definition) is 5.